The minimum Gasteiger partial charge on any atom is -0.488 e. The molecule has 3 aliphatic heterocycles. The first kappa shape index (κ1) is 20.6. The van der Waals surface area contributed by atoms with Gasteiger partial charge in [-0.15, -0.1) is 0 Å². The van der Waals surface area contributed by atoms with E-state index in [2.05, 4.69) is 59.5 Å². The van der Waals surface area contributed by atoms with Crippen LogP contribution in [0, 0.1) is 5.92 Å². The molecule has 0 spiro atoms. The molecule has 6 nitrogen and oxygen atoms in total. The van der Waals surface area contributed by atoms with Crippen molar-refractivity contribution in [3.8, 4) is 16.9 Å². The van der Waals surface area contributed by atoms with Crippen LogP contribution in [-0.2, 0) is 9.59 Å². The zero-order valence-corrected chi connectivity index (χ0v) is 16.1. The topological polar surface area (TPSA) is 87.1 Å². The summed E-state index contributed by atoms with van der Waals surface area (Å²) in [6.07, 6.45) is 4.05. The molecular formula is C23H25NO5. The second-order valence-corrected chi connectivity index (χ2v) is 7.17. The van der Waals surface area contributed by atoms with Gasteiger partial charge in [-0.05, 0) is 43.5 Å². The van der Waals surface area contributed by atoms with Gasteiger partial charge in [0.1, 0.15) is 11.9 Å². The molecule has 0 aromatic heterocycles. The van der Waals surface area contributed by atoms with E-state index in [1.54, 1.807) is 0 Å². The molecule has 0 saturated carbocycles. The third-order valence-corrected chi connectivity index (χ3v) is 5.21. The number of aliphatic carboxylic acids is 2. The van der Waals surface area contributed by atoms with E-state index in [1.165, 1.54) is 37.1 Å². The molecular weight excluding hydrogens is 370 g/mol. The molecule has 3 fully saturated rings. The van der Waals surface area contributed by atoms with Crippen LogP contribution < -0.4 is 4.74 Å². The average molecular weight is 395 g/mol. The van der Waals surface area contributed by atoms with Gasteiger partial charge in [-0.25, -0.2) is 9.59 Å². The zero-order chi connectivity index (χ0) is 20.6. The van der Waals surface area contributed by atoms with Crippen molar-refractivity contribution in [1.29, 1.82) is 0 Å². The summed E-state index contributed by atoms with van der Waals surface area (Å²) in [5.74, 6) is -0.749. The Labute approximate surface area is 170 Å². The third-order valence-electron chi connectivity index (χ3n) is 5.21. The van der Waals surface area contributed by atoms with Crippen LogP contribution in [0.1, 0.15) is 12.8 Å². The van der Waals surface area contributed by atoms with E-state index >= 15 is 0 Å². The van der Waals surface area contributed by atoms with Crippen molar-refractivity contribution in [3.05, 3.63) is 66.7 Å². The average Bonchev–Trinajstić information content (AvgIpc) is 2.75. The SMILES string of the molecule is O=C(O)/C=C/C(=O)O.c1ccc(-c2ccccc2OC2CN3CCC2CC3)cc1. The summed E-state index contributed by atoms with van der Waals surface area (Å²) in [6.45, 7) is 3.60. The van der Waals surface area contributed by atoms with E-state index < -0.39 is 11.9 Å². The van der Waals surface area contributed by atoms with Gasteiger partial charge in [0.05, 0.1) is 0 Å². The second-order valence-electron chi connectivity index (χ2n) is 7.17. The molecule has 3 saturated heterocycles. The highest BCUT2D eigenvalue weighted by molar-refractivity contribution is 5.89. The molecule has 0 radical (unpaired) electrons. The van der Waals surface area contributed by atoms with E-state index in [0.29, 0.717) is 18.3 Å². The van der Waals surface area contributed by atoms with Gasteiger partial charge in [0.2, 0.25) is 0 Å². The van der Waals surface area contributed by atoms with Gasteiger partial charge in [0, 0.05) is 24.3 Å². The number of hydrogen-bond acceptors (Lipinski definition) is 4. The molecule has 2 aromatic rings. The second kappa shape index (κ2) is 9.89. The summed E-state index contributed by atoms with van der Waals surface area (Å²) in [7, 11) is 0. The van der Waals surface area contributed by atoms with Crippen molar-refractivity contribution < 1.29 is 24.5 Å². The largest absolute Gasteiger partial charge is 0.488 e. The van der Waals surface area contributed by atoms with Gasteiger partial charge in [-0.2, -0.15) is 0 Å². The van der Waals surface area contributed by atoms with Crippen LogP contribution >= 0.6 is 0 Å². The van der Waals surface area contributed by atoms with Crippen LogP contribution in [-0.4, -0.2) is 52.8 Å². The van der Waals surface area contributed by atoms with E-state index in [4.69, 9.17) is 14.9 Å². The molecule has 152 valence electrons. The summed E-state index contributed by atoms with van der Waals surface area (Å²) in [6, 6.07) is 19.0. The molecule has 1 unspecified atom stereocenters. The van der Waals surface area contributed by atoms with Crippen molar-refractivity contribution in [1.82, 2.24) is 4.90 Å². The van der Waals surface area contributed by atoms with Gasteiger partial charge in [0.25, 0.3) is 0 Å². The maximum absolute atomic E-state index is 9.55. The molecule has 29 heavy (non-hydrogen) atoms. The molecule has 0 amide bonds. The number of para-hydroxylation sites is 1. The predicted octanol–water partition coefficient (Wildman–Crippen LogP) is 3.54. The molecule has 5 rings (SSSR count). The first-order valence-electron chi connectivity index (χ1n) is 9.70. The summed E-state index contributed by atoms with van der Waals surface area (Å²) in [5.41, 5.74) is 2.43. The number of carboxylic acids is 2. The number of carboxylic acid groups (broad SMARTS) is 2. The highest BCUT2D eigenvalue weighted by Gasteiger charge is 2.35. The summed E-state index contributed by atoms with van der Waals surface area (Å²) in [4.78, 5) is 21.6. The Balaban J connectivity index is 0.000000258. The van der Waals surface area contributed by atoms with Gasteiger partial charge in [-0.1, -0.05) is 48.5 Å². The molecule has 3 heterocycles. The van der Waals surface area contributed by atoms with E-state index in [9.17, 15) is 9.59 Å². The fraction of sp³-hybridized carbons (Fsp3) is 0.304. The maximum atomic E-state index is 9.55. The van der Waals surface area contributed by atoms with Crippen LogP contribution in [0.3, 0.4) is 0 Å². The number of nitrogens with zero attached hydrogens (tertiary/aromatic N) is 1. The number of ether oxygens (including phenoxy) is 1. The number of benzene rings is 2. The highest BCUT2D eigenvalue weighted by Crippen LogP contribution is 2.35. The van der Waals surface area contributed by atoms with E-state index in [0.717, 1.165) is 18.2 Å². The zero-order valence-electron chi connectivity index (χ0n) is 16.1. The third kappa shape index (κ3) is 5.93. The lowest BCUT2D eigenvalue weighted by molar-refractivity contribution is -0.134. The Morgan fingerprint density at radius 3 is 2.03 bits per heavy atom. The van der Waals surface area contributed by atoms with Crippen molar-refractivity contribution in [2.24, 2.45) is 5.92 Å². The minimum atomic E-state index is -1.26. The van der Waals surface area contributed by atoms with Gasteiger partial charge in [-0.3, -0.25) is 4.90 Å². The molecule has 2 N–H and O–H groups in total. The molecule has 2 bridgehead atoms. The lowest BCUT2D eigenvalue weighted by Gasteiger charge is -2.44. The molecule has 3 aliphatic rings. The number of fused-ring (bicyclic) bond motifs is 3. The highest BCUT2D eigenvalue weighted by atomic mass is 16.5. The van der Waals surface area contributed by atoms with E-state index in [1.807, 2.05) is 0 Å². The first-order chi connectivity index (χ1) is 14.0. The van der Waals surface area contributed by atoms with Crippen LogP contribution in [0.5, 0.6) is 5.75 Å². The summed E-state index contributed by atoms with van der Waals surface area (Å²) >= 11 is 0. The normalized spacial score (nSPS) is 22.6. The van der Waals surface area contributed by atoms with Crippen LogP contribution in [0.2, 0.25) is 0 Å². The fourth-order valence-corrected chi connectivity index (χ4v) is 3.78. The Morgan fingerprint density at radius 2 is 1.48 bits per heavy atom. The van der Waals surface area contributed by atoms with Crippen LogP contribution in [0.25, 0.3) is 11.1 Å². The number of rotatable bonds is 5. The number of piperidine rings is 3. The van der Waals surface area contributed by atoms with Gasteiger partial charge < -0.3 is 14.9 Å². The lowest BCUT2D eigenvalue weighted by atomic mass is 9.86. The predicted molar refractivity (Wildman–Crippen MR) is 110 cm³/mol. The summed E-state index contributed by atoms with van der Waals surface area (Å²) < 4.78 is 6.43. The minimum absolute atomic E-state index is 0.359. The number of hydrogen-bond donors (Lipinski definition) is 2. The molecule has 6 heteroatoms. The molecule has 2 aromatic carbocycles. The monoisotopic (exact) mass is 395 g/mol. The van der Waals surface area contributed by atoms with Gasteiger partial charge in [0.15, 0.2) is 0 Å². The Hall–Kier alpha value is -3.12. The Morgan fingerprint density at radius 1 is 0.897 bits per heavy atom. The van der Waals surface area contributed by atoms with Crippen molar-refractivity contribution in [3.63, 3.8) is 0 Å². The molecule has 0 aliphatic carbocycles. The van der Waals surface area contributed by atoms with Crippen molar-refractivity contribution in [2.45, 2.75) is 18.9 Å². The Kier molecular flexibility index (Phi) is 7.03. The summed E-state index contributed by atoms with van der Waals surface area (Å²) in [5, 5.41) is 15.6. The maximum Gasteiger partial charge on any atom is 0.328 e. The first-order valence-corrected chi connectivity index (χ1v) is 9.70. The van der Waals surface area contributed by atoms with Gasteiger partial charge >= 0.3 is 11.9 Å². The fourth-order valence-electron chi connectivity index (χ4n) is 3.78. The lowest BCUT2D eigenvalue weighted by Crippen LogP contribution is -2.52. The van der Waals surface area contributed by atoms with Crippen LogP contribution in [0.15, 0.2) is 66.7 Å². The Bertz CT molecular complexity index is 841. The van der Waals surface area contributed by atoms with Crippen molar-refractivity contribution >= 4 is 11.9 Å². The van der Waals surface area contributed by atoms with Crippen LogP contribution in [0.4, 0.5) is 0 Å². The quantitative estimate of drug-likeness (QED) is 0.753. The van der Waals surface area contributed by atoms with E-state index in [-0.39, 0.29) is 0 Å². The number of carbonyl (C=O) groups is 2. The van der Waals surface area contributed by atoms with Crippen molar-refractivity contribution in [2.75, 3.05) is 19.6 Å². The smallest absolute Gasteiger partial charge is 0.328 e. The standard InChI is InChI=1S/C19H21NO.C4H4O4/c1-2-6-15(7-3-1)17-8-4-5-9-18(17)21-19-14-20-12-10-16(19)11-13-20;5-3(6)1-2-4(7)8/h1-9,16,19H,10-14H2;1-2H,(H,5,6)(H,7,8)/b;2-1+. The molecule has 1 atom stereocenters.